The van der Waals surface area contributed by atoms with Gasteiger partial charge in [0.25, 0.3) is 11.6 Å². The maximum Gasteiger partial charge on any atom is 0.269 e. The van der Waals surface area contributed by atoms with Crippen LogP contribution < -0.4 is 14.8 Å². The Balaban J connectivity index is 1.52. The fourth-order valence-corrected chi connectivity index (χ4v) is 5.11. The van der Waals surface area contributed by atoms with E-state index < -0.39 is 4.92 Å². The topological polar surface area (TPSA) is 103 Å². The highest BCUT2D eigenvalue weighted by molar-refractivity contribution is 14.1. The van der Waals surface area contributed by atoms with Crippen molar-refractivity contribution in [2.45, 2.75) is 6.61 Å². The Kier molecular flexibility index (Phi) is 8.39. The normalized spacial score (nSPS) is 15.3. The van der Waals surface area contributed by atoms with Gasteiger partial charge in [0.05, 0.1) is 36.2 Å². The number of hydrogen-bond donors (Lipinski definition) is 1. The van der Waals surface area contributed by atoms with E-state index in [1.54, 1.807) is 42.5 Å². The number of aliphatic imine (C=N–C) groups is 1. The van der Waals surface area contributed by atoms with Crippen LogP contribution in [0.2, 0.25) is 10.0 Å². The third-order valence-corrected chi connectivity index (χ3v) is 7.40. The molecule has 0 aromatic heterocycles. The van der Waals surface area contributed by atoms with Gasteiger partial charge >= 0.3 is 0 Å². The van der Waals surface area contributed by atoms with Crippen LogP contribution in [0.25, 0.3) is 6.08 Å². The van der Waals surface area contributed by atoms with Gasteiger partial charge in [0.1, 0.15) is 6.61 Å². The molecule has 184 valence electrons. The molecule has 1 aliphatic rings. The minimum absolute atomic E-state index is 0.0148. The molecule has 3 aromatic carbocycles. The number of nitrogens with zero attached hydrogens (tertiary/aromatic N) is 2. The summed E-state index contributed by atoms with van der Waals surface area (Å²) in [6.45, 7) is 0.203. The molecule has 0 atom stereocenters. The molecule has 1 aliphatic heterocycles. The lowest BCUT2D eigenvalue weighted by Crippen LogP contribution is -2.19. The van der Waals surface area contributed by atoms with Crippen molar-refractivity contribution in [3.8, 4) is 11.5 Å². The van der Waals surface area contributed by atoms with Crippen LogP contribution in [0.1, 0.15) is 11.1 Å². The monoisotopic (exact) mass is 655 g/mol. The zero-order valence-electron chi connectivity index (χ0n) is 18.5. The van der Waals surface area contributed by atoms with Gasteiger partial charge < -0.3 is 14.8 Å². The van der Waals surface area contributed by atoms with E-state index in [1.807, 2.05) is 6.07 Å². The van der Waals surface area contributed by atoms with Gasteiger partial charge in [-0.15, -0.1) is 0 Å². The molecule has 0 aliphatic carbocycles. The zero-order valence-corrected chi connectivity index (χ0v) is 22.9. The maximum atomic E-state index is 12.5. The van der Waals surface area contributed by atoms with Crippen LogP contribution in [0.15, 0.2) is 64.5 Å². The summed E-state index contributed by atoms with van der Waals surface area (Å²) in [5, 5.41) is 14.6. The summed E-state index contributed by atoms with van der Waals surface area (Å²) >= 11 is 15.5. The van der Waals surface area contributed by atoms with E-state index in [0.717, 1.165) is 14.7 Å². The van der Waals surface area contributed by atoms with E-state index in [9.17, 15) is 14.9 Å². The predicted octanol–water partition coefficient (Wildman–Crippen LogP) is 6.99. The number of benzene rings is 3. The summed E-state index contributed by atoms with van der Waals surface area (Å²) in [6, 6.07) is 14.9. The Bertz CT molecular complexity index is 1410. The molecule has 0 radical (unpaired) electrons. The first-order valence-corrected chi connectivity index (χ1v) is 12.9. The number of hydrogen-bond acceptors (Lipinski definition) is 7. The van der Waals surface area contributed by atoms with Gasteiger partial charge in [0.2, 0.25) is 0 Å². The van der Waals surface area contributed by atoms with Gasteiger partial charge in [0.15, 0.2) is 16.7 Å². The molecule has 1 fully saturated rings. The molecule has 4 rings (SSSR count). The van der Waals surface area contributed by atoms with Gasteiger partial charge in [-0.2, -0.15) is 0 Å². The second-order valence-corrected chi connectivity index (χ2v) is 10.3. The van der Waals surface area contributed by atoms with E-state index in [0.29, 0.717) is 37.3 Å². The summed E-state index contributed by atoms with van der Waals surface area (Å²) in [5.41, 5.74) is 1.98. The molecule has 3 aromatic rings. The first-order valence-electron chi connectivity index (χ1n) is 10.2. The third-order valence-electron chi connectivity index (χ3n) is 4.88. The Morgan fingerprint density at radius 2 is 1.94 bits per heavy atom. The Hall–Kier alpha value is -2.80. The SMILES string of the molecule is COc1cc(/C=C2/SC(=Nc3cccc(Cl)c3Cl)NC2=O)cc(I)c1OCc1ccc([N+](=O)[O-])cc1. The number of carbonyl (C=O) groups is 1. The number of ether oxygens (including phenoxy) is 2. The van der Waals surface area contributed by atoms with E-state index in [-0.39, 0.29) is 18.2 Å². The van der Waals surface area contributed by atoms with E-state index >= 15 is 0 Å². The van der Waals surface area contributed by atoms with E-state index in [2.05, 4.69) is 32.9 Å². The lowest BCUT2D eigenvalue weighted by atomic mass is 10.1. The number of carbonyl (C=O) groups excluding carboxylic acids is 1. The first-order chi connectivity index (χ1) is 17.2. The van der Waals surface area contributed by atoms with Crippen LogP contribution >= 0.6 is 57.6 Å². The molecule has 0 bridgehead atoms. The number of non-ortho nitro benzene ring substituents is 1. The average Bonchev–Trinajstić information content (AvgIpc) is 3.19. The summed E-state index contributed by atoms with van der Waals surface area (Å²) in [5.74, 6) is 0.725. The van der Waals surface area contributed by atoms with Crippen molar-refractivity contribution in [1.29, 1.82) is 0 Å². The number of methoxy groups -OCH3 is 1. The summed E-state index contributed by atoms with van der Waals surface area (Å²) in [6.07, 6.45) is 1.73. The fourth-order valence-electron chi connectivity index (χ4n) is 3.15. The van der Waals surface area contributed by atoms with Gasteiger partial charge in [0, 0.05) is 12.1 Å². The Morgan fingerprint density at radius 3 is 2.64 bits per heavy atom. The van der Waals surface area contributed by atoms with Crippen molar-refractivity contribution < 1.29 is 19.2 Å². The number of nitrogens with one attached hydrogen (secondary N) is 1. The minimum atomic E-state index is -0.450. The molecule has 12 heteroatoms. The highest BCUT2D eigenvalue weighted by Crippen LogP contribution is 2.37. The molecular weight excluding hydrogens is 640 g/mol. The van der Waals surface area contributed by atoms with Gasteiger partial charge in [-0.05, 0) is 88.0 Å². The van der Waals surface area contributed by atoms with Crippen molar-refractivity contribution in [3.63, 3.8) is 0 Å². The third kappa shape index (κ3) is 6.12. The van der Waals surface area contributed by atoms with Crippen LogP contribution in [0.3, 0.4) is 0 Å². The fraction of sp³-hybridized carbons (Fsp3) is 0.0833. The number of thioether (sulfide) groups is 1. The average molecular weight is 656 g/mol. The van der Waals surface area contributed by atoms with E-state index in [4.69, 9.17) is 32.7 Å². The number of nitro groups is 1. The predicted molar refractivity (Wildman–Crippen MR) is 150 cm³/mol. The van der Waals surface area contributed by atoms with Crippen LogP contribution in [0.4, 0.5) is 11.4 Å². The molecular formula is C24H16Cl2IN3O5S. The lowest BCUT2D eigenvalue weighted by molar-refractivity contribution is -0.384. The molecule has 1 N–H and O–H groups in total. The van der Waals surface area contributed by atoms with Gasteiger partial charge in [-0.1, -0.05) is 29.3 Å². The molecule has 8 nitrogen and oxygen atoms in total. The summed E-state index contributed by atoms with van der Waals surface area (Å²) < 4.78 is 12.2. The van der Waals surface area contributed by atoms with Crippen LogP contribution in [-0.2, 0) is 11.4 Å². The molecule has 1 saturated heterocycles. The minimum Gasteiger partial charge on any atom is -0.493 e. The van der Waals surface area contributed by atoms with Crippen LogP contribution in [-0.4, -0.2) is 23.1 Å². The molecule has 0 saturated carbocycles. The quantitative estimate of drug-likeness (QED) is 0.127. The second kappa shape index (κ2) is 11.5. The Morgan fingerprint density at radius 1 is 1.19 bits per heavy atom. The van der Waals surface area contributed by atoms with Crippen molar-refractivity contribution >= 4 is 86.1 Å². The summed E-state index contributed by atoms with van der Waals surface area (Å²) in [4.78, 5) is 27.8. The smallest absolute Gasteiger partial charge is 0.269 e. The number of amides is 1. The molecule has 0 spiro atoms. The summed E-state index contributed by atoms with van der Waals surface area (Å²) in [7, 11) is 1.53. The van der Waals surface area contributed by atoms with E-state index in [1.165, 1.54) is 31.0 Å². The molecule has 0 unspecified atom stereocenters. The number of nitro benzene ring substituents is 1. The Labute approximate surface area is 234 Å². The highest BCUT2D eigenvalue weighted by atomic mass is 127. The van der Waals surface area contributed by atoms with Crippen LogP contribution in [0, 0.1) is 13.7 Å². The zero-order chi connectivity index (χ0) is 25.8. The van der Waals surface area contributed by atoms with Crippen LogP contribution in [0.5, 0.6) is 11.5 Å². The van der Waals surface area contributed by atoms with Crippen molar-refractivity contribution in [1.82, 2.24) is 5.32 Å². The number of halogens is 3. The molecule has 1 heterocycles. The second-order valence-electron chi connectivity index (χ2n) is 7.30. The number of amidine groups is 1. The lowest BCUT2D eigenvalue weighted by Gasteiger charge is -2.14. The first kappa shape index (κ1) is 26.3. The largest absolute Gasteiger partial charge is 0.493 e. The number of rotatable bonds is 7. The molecule has 36 heavy (non-hydrogen) atoms. The van der Waals surface area contributed by atoms with Crippen molar-refractivity contribution in [2.75, 3.05) is 7.11 Å². The molecule has 1 amide bonds. The van der Waals surface area contributed by atoms with Gasteiger partial charge in [-0.25, -0.2) is 4.99 Å². The standard InChI is InChI=1S/C24H16Cl2IN3O5S/c1-34-19-10-14(9-17(27)22(19)35-12-13-5-7-15(8-6-13)30(32)33)11-20-23(31)29-24(36-20)28-18-4-2-3-16(25)21(18)26/h2-11H,12H2,1H3,(H,28,29,31)/b20-11+. The van der Waals surface area contributed by atoms with Crippen molar-refractivity contribution in [3.05, 3.63) is 94.4 Å². The van der Waals surface area contributed by atoms with Gasteiger partial charge in [-0.3, -0.25) is 14.9 Å². The van der Waals surface area contributed by atoms with Crippen molar-refractivity contribution in [2.24, 2.45) is 4.99 Å². The maximum absolute atomic E-state index is 12.5. The highest BCUT2D eigenvalue weighted by Gasteiger charge is 2.25.